The molecule has 1 unspecified atom stereocenters. The Bertz CT molecular complexity index is 331. The summed E-state index contributed by atoms with van der Waals surface area (Å²) >= 11 is 0. The first-order chi connectivity index (χ1) is 8.30. The molecule has 104 valence electrons. The van der Waals surface area contributed by atoms with Gasteiger partial charge >= 0.3 is 12.0 Å². The quantitative estimate of drug-likeness (QED) is 0.779. The fraction of sp³-hybridized carbons (Fsp3) is 0.833. The molecule has 3 N–H and O–H groups in total. The van der Waals surface area contributed by atoms with Gasteiger partial charge in [0.15, 0.2) is 0 Å². The maximum atomic E-state index is 12.4. The summed E-state index contributed by atoms with van der Waals surface area (Å²) in [6.07, 6.45) is 1.79. The number of carboxylic acid groups (broad SMARTS) is 1. The van der Waals surface area contributed by atoms with Gasteiger partial charge in [-0.05, 0) is 33.6 Å². The van der Waals surface area contributed by atoms with Crippen LogP contribution in [-0.4, -0.2) is 58.1 Å². The molecule has 2 amide bonds. The minimum atomic E-state index is -1.20. The van der Waals surface area contributed by atoms with Gasteiger partial charge in [0, 0.05) is 25.7 Å². The van der Waals surface area contributed by atoms with E-state index in [9.17, 15) is 14.7 Å². The molecular formula is C12H23N3O3. The van der Waals surface area contributed by atoms with Gasteiger partial charge in [0.25, 0.3) is 0 Å². The van der Waals surface area contributed by atoms with E-state index in [0.717, 1.165) is 12.8 Å². The molecule has 0 aromatic heterocycles. The molecule has 1 saturated heterocycles. The number of piperidine rings is 1. The fourth-order valence-corrected chi connectivity index (χ4v) is 2.24. The summed E-state index contributed by atoms with van der Waals surface area (Å²) in [6.45, 7) is 6.39. The maximum Gasteiger partial charge on any atom is 0.329 e. The summed E-state index contributed by atoms with van der Waals surface area (Å²) in [5.74, 6) is -1.00. The molecule has 18 heavy (non-hydrogen) atoms. The van der Waals surface area contributed by atoms with Crippen LogP contribution in [-0.2, 0) is 4.79 Å². The molecule has 0 aliphatic carbocycles. The van der Waals surface area contributed by atoms with E-state index < -0.39 is 11.5 Å². The summed E-state index contributed by atoms with van der Waals surface area (Å²) in [7, 11) is 0. The van der Waals surface area contributed by atoms with Crippen LogP contribution in [0.3, 0.4) is 0 Å². The van der Waals surface area contributed by atoms with Crippen molar-refractivity contribution in [3.8, 4) is 0 Å². The van der Waals surface area contributed by atoms with Gasteiger partial charge in [0.05, 0.1) is 0 Å². The van der Waals surface area contributed by atoms with Crippen LogP contribution in [0.25, 0.3) is 0 Å². The Hall–Kier alpha value is -1.30. The third-order valence-electron chi connectivity index (χ3n) is 3.47. The summed E-state index contributed by atoms with van der Waals surface area (Å²) in [5.41, 5.74) is 4.64. The number of carbonyl (C=O) groups excluding carboxylic acids is 1. The Morgan fingerprint density at radius 3 is 2.56 bits per heavy atom. The number of nitrogens with zero attached hydrogens (tertiary/aromatic N) is 2. The summed E-state index contributed by atoms with van der Waals surface area (Å²) in [5, 5.41) is 9.20. The van der Waals surface area contributed by atoms with Gasteiger partial charge in [0.2, 0.25) is 0 Å². The third-order valence-corrected chi connectivity index (χ3v) is 3.47. The van der Waals surface area contributed by atoms with Gasteiger partial charge < -0.3 is 20.6 Å². The summed E-state index contributed by atoms with van der Waals surface area (Å²) in [4.78, 5) is 26.6. The van der Waals surface area contributed by atoms with Crippen molar-refractivity contribution in [1.29, 1.82) is 0 Å². The fourth-order valence-electron chi connectivity index (χ4n) is 2.24. The third kappa shape index (κ3) is 2.93. The van der Waals surface area contributed by atoms with Crippen LogP contribution < -0.4 is 5.73 Å². The molecule has 0 saturated carbocycles. The normalized spacial score (nSPS) is 20.7. The Balaban J connectivity index is 2.82. The monoisotopic (exact) mass is 257 g/mol. The minimum absolute atomic E-state index is 0.00523. The maximum absolute atomic E-state index is 12.4. The molecule has 1 fully saturated rings. The first-order valence-corrected chi connectivity index (χ1v) is 6.36. The lowest BCUT2D eigenvalue weighted by Gasteiger charge is -2.40. The van der Waals surface area contributed by atoms with Gasteiger partial charge in [0.1, 0.15) is 5.54 Å². The molecule has 1 rings (SSSR count). The zero-order valence-corrected chi connectivity index (χ0v) is 11.3. The summed E-state index contributed by atoms with van der Waals surface area (Å²) in [6, 6.07) is -0.241. The predicted octanol–water partition coefficient (Wildman–Crippen LogP) is 0.715. The largest absolute Gasteiger partial charge is 0.480 e. The molecule has 0 bridgehead atoms. The molecule has 6 heteroatoms. The lowest BCUT2D eigenvalue weighted by atomic mass is 10.0. The number of rotatable bonds is 3. The second-order valence-electron chi connectivity index (χ2n) is 5.24. The molecule has 1 aliphatic heterocycles. The Morgan fingerprint density at radius 2 is 2.11 bits per heavy atom. The van der Waals surface area contributed by atoms with Crippen LogP contribution >= 0.6 is 0 Å². The smallest absolute Gasteiger partial charge is 0.329 e. The highest BCUT2D eigenvalue weighted by atomic mass is 16.4. The van der Waals surface area contributed by atoms with Gasteiger partial charge in [-0.3, -0.25) is 0 Å². The highest BCUT2D eigenvalue weighted by molar-refractivity contribution is 5.85. The molecule has 1 heterocycles. The number of carbonyl (C=O) groups is 2. The number of urea groups is 1. The summed E-state index contributed by atoms with van der Waals surface area (Å²) < 4.78 is 0. The standard InChI is InChI=1S/C12H23N3O3/c1-4-15(12(2,3)10(16)17)11(18)14-7-5-6-9(13)8-14/h9H,4-8,13H2,1-3H3,(H,16,17). The number of likely N-dealkylation sites (N-methyl/N-ethyl adjacent to an activating group) is 1. The Morgan fingerprint density at radius 1 is 1.50 bits per heavy atom. The van der Waals surface area contributed by atoms with Crippen LogP contribution in [0, 0.1) is 0 Å². The van der Waals surface area contributed by atoms with E-state index in [2.05, 4.69) is 0 Å². The predicted molar refractivity (Wildman–Crippen MR) is 68.3 cm³/mol. The van der Waals surface area contributed by atoms with Crippen molar-refractivity contribution in [3.05, 3.63) is 0 Å². The molecule has 0 aromatic carbocycles. The number of carboxylic acids is 1. The average Bonchev–Trinajstić information content (AvgIpc) is 2.29. The number of hydrogen-bond acceptors (Lipinski definition) is 3. The number of amides is 2. The van der Waals surface area contributed by atoms with E-state index in [-0.39, 0.29) is 12.1 Å². The van der Waals surface area contributed by atoms with Gasteiger partial charge in [-0.2, -0.15) is 0 Å². The van der Waals surface area contributed by atoms with E-state index in [1.807, 2.05) is 0 Å². The van der Waals surface area contributed by atoms with Crippen LogP contribution in [0.4, 0.5) is 4.79 Å². The topological polar surface area (TPSA) is 86.9 Å². The first kappa shape index (κ1) is 14.8. The lowest BCUT2D eigenvalue weighted by molar-refractivity contribution is -0.147. The van der Waals surface area contributed by atoms with Crippen molar-refractivity contribution in [2.45, 2.75) is 45.2 Å². The van der Waals surface area contributed by atoms with Crippen LogP contribution in [0.15, 0.2) is 0 Å². The molecule has 1 aliphatic rings. The second-order valence-corrected chi connectivity index (χ2v) is 5.24. The highest BCUT2D eigenvalue weighted by Crippen LogP contribution is 2.19. The van der Waals surface area contributed by atoms with Crippen LogP contribution in [0.5, 0.6) is 0 Å². The SMILES string of the molecule is CCN(C(=O)N1CCCC(N)C1)C(C)(C)C(=O)O. The lowest BCUT2D eigenvalue weighted by Crippen LogP contribution is -2.59. The molecule has 0 aromatic rings. The molecule has 0 radical (unpaired) electrons. The zero-order valence-electron chi connectivity index (χ0n) is 11.3. The number of hydrogen-bond donors (Lipinski definition) is 2. The Labute approximate surface area is 108 Å². The number of likely N-dealkylation sites (tertiary alicyclic amines) is 1. The van der Waals surface area contributed by atoms with Crippen molar-refractivity contribution in [2.75, 3.05) is 19.6 Å². The van der Waals surface area contributed by atoms with E-state index in [4.69, 9.17) is 5.73 Å². The van der Waals surface area contributed by atoms with Crippen molar-refractivity contribution >= 4 is 12.0 Å². The van der Waals surface area contributed by atoms with Gasteiger partial charge in [-0.1, -0.05) is 0 Å². The first-order valence-electron chi connectivity index (χ1n) is 6.36. The molecule has 0 spiro atoms. The number of aliphatic carboxylic acids is 1. The Kier molecular flexibility index (Phi) is 4.56. The van der Waals surface area contributed by atoms with E-state index in [1.54, 1.807) is 25.7 Å². The van der Waals surface area contributed by atoms with Crippen molar-refractivity contribution < 1.29 is 14.7 Å². The van der Waals surface area contributed by atoms with Crippen LogP contribution in [0.2, 0.25) is 0 Å². The average molecular weight is 257 g/mol. The highest BCUT2D eigenvalue weighted by Gasteiger charge is 2.39. The van der Waals surface area contributed by atoms with E-state index in [1.165, 1.54) is 4.90 Å². The zero-order chi connectivity index (χ0) is 13.9. The van der Waals surface area contributed by atoms with Crippen molar-refractivity contribution in [3.63, 3.8) is 0 Å². The van der Waals surface area contributed by atoms with E-state index >= 15 is 0 Å². The minimum Gasteiger partial charge on any atom is -0.480 e. The molecule has 1 atom stereocenters. The van der Waals surface area contributed by atoms with Gasteiger partial charge in [-0.15, -0.1) is 0 Å². The van der Waals surface area contributed by atoms with Crippen LogP contribution in [0.1, 0.15) is 33.6 Å². The molecule has 6 nitrogen and oxygen atoms in total. The van der Waals surface area contributed by atoms with Crippen molar-refractivity contribution in [1.82, 2.24) is 9.80 Å². The molecular weight excluding hydrogens is 234 g/mol. The van der Waals surface area contributed by atoms with Crippen molar-refractivity contribution in [2.24, 2.45) is 5.73 Å². The number of nitrogens with two attached hydrogens (primary N) is 1. The second kappa shape index (κ2) is 5.56. The van der Waals surface area contributed by atoms with E-state index in [0.29, 0.717) is 19.6 Å². The van der Waals surface area contributed by atoms with Gasteiger partial charge in [-0.25, -0.2) is 9.59 Å².